The van der Waals surface area contributed by atoms with Crippen LogP contribution in [0.3, 0.4) is 0 Å². The van der Waals surface area contributed by atoms with Gasteiger partial charge in [0.25, 0.3) is 5.91 Å². The Morgan fingerprint density at radius 3 is 2.29 bits per heavy atom. The van der Waals surface area contributed by atoms with Crippen molar-refractivity contribution in [2.45, 2.75) is 20.3 Å². The molecule has 1 aromatic heterocycles. The fraction of sp³-hybridized carbons (Fsp3) is 0.240. The van der Waals surface area contributed by atoms with Crippen molar-refractivity contribution in [1.29, 1.82) is 0 Å². The number of nitrogens with one attached hydrogen (secondary N) is 1. The van der Waals surface area contributed by atoms with Crippen LogP contribution in [-0.4, -0.2) is 49.8 Å². The van der Waals surface area contributed by atoms with Crippen molar-refractivity contribution in [3.63, 3.8) is 0 Å². The number of ketones is 2. The van der Waals surface area contributed by atoms with Crippen LogP contribution in [0.2, 0.25) is 0 Å². The Hall–Kier alpha value is -4.47. The average Bonchev–Trinajstić information content (AvgIpc) is 2.84. The van der Waals surface area contributed by atoms with Crippen LogP contribution >= 0.6 is 0 Å². The van der Waals surface area contributed by atoms with Crippen molar-refractivity contribution in [3.8, 4) is 11.6 Å². The number of carbonyl (C=O) groups is 4. The van der Waals surface area contributed by atoms with E-state index in [1.54, 1.807) is 18.2 Å². The quantitative estimate of drug-likeness (QED) is 0.344. The molecule has 0 aliphatic heterocycles. The molecule has 10 heteroatoms. The third-order valence-electron chi connectivity index (χ3n) is 5.23. The SMILES string of the molecule is COC1=C(OC)C(=O)C(Cc2ccc(OC(C)=O)c(C(=O)Nc3cccnc3OC)c2)=C(C)C1=O. The first kappa shape index (κ1) is 25.2. The van der Waals surface area contributed by atoms with Gasteiger partial charge < -0.3 is 24.3 Å². The number of benzene rings is 1. The van der Waals surface area contributed by atoms with Gasteiger partial charge in [-0.15, -0.1) is 0 Å². The molecule has 0 radical (unpaired) electrons. The number of nitrogens with zero attached hydrogens (tertiary/aromatic N) is 1. The summed E-state index contributed by atoms with van der Waals surface area (Å²) in [5.41, 5.74) is 1.29. The summed E-state index contributed by atoms with van der Waals surface area (Å²) < 4.78 is 20.5. The fourth-order valence-electron chi connectivity index (χ4n) is 3.56. The number of allylic oxidation sites excluding steroid dienone is 2. The number of hydrogen-bond donors (Lipinski definition) is 1. The number of carbonyl (C=O) groups excluding carboxylic acids is 4. The van der Waals surface area contributed by atoms with Crippen LogP contribution in [0.25, 0.3) is 0 Å². The highest BCUT2D eigenvalue weighted by atomic mass is 16.5. The average molecular weight is 480 g/mol. The Kier molecular flexibility index (Phi) is 7.65. The maximum Gasteiger partial charge on any atom is 0.308 e. The molecule has 0 atom stereocenters. The number of ether oxygens (including phenoxy) is 4. The fourth-order valence-corrected chi connectivity index (χ4v) is 3.56. The standard InChI is InChI=1S/C25H24N2O8/c1-13-16(21(30)23(33-4)22(32-3)20(13)29)11-15-8-9-19(35-14(2)28)17(12-15)24(31)27-18-7-6-10-26-25(18)34-5/h6-10,12H,11H2,1-5H3,(H,27,31). The van der Waals surface area contributed by atoms with Crippen molar-refractivity contribution in [3.05, 3.63) is 70.3 Å². The molecule has 0 saturated heterocycles. The molecule has 1 aliphatic carbocycles. The van der Waals surface area contributed by atoms with Crippen LogP contribution in [0.15, 0.2) is 59.2 Å². The number of pyridine rings is 1. The Bertz CT molecular complexity index is 1280. The van der Waals surface area contributed by atoms with E-state index in [9.17, 15) is 19.2 Å². The minimum absolute atomic E-state index is 0.0249. The van der Waals surface area contributed by atoms with E-state index >= 15 is 0 Å². The van der Waals surface area contributed by atoms with Crippen LogP contribution < -0.4 is 14.8 Å². The minimum atomic E-state index is -0.612. The molecule has 35 heavy (non-hydrogen) atoms. The number of Topliss-reactive ketones (excluding diaryl/α,β-unsaturated/α-hetero) is 2. The molecule has 1 heterocycles. The highest BCUT2D eigenvalue weighted by Gasteiger charge is 2.34. The topological polar surface area (TPSA) is 130 Å². The Morgan fingerprint density at radius 2 is 1.66 bits per heavy atom. The smallest absolute Gasteiger partial charge is 0.308 e. The monoisotopic (exact) mass is 480 g/mol. The van der Waals surface area contributed by atoms with Gasteiger partial charge in [0.2, 0.25) is 29.0 Å². The molecular weight excluding hydrogens is 456 g/mol. The van der Waals surface area contributed by atoms with Gasteiger partial charge >= 0.3 is 5.97 Å². The van der Waals surface area contributed by atoms with Gasteiger partial charge in [0.1, 0.15) is 11.4 Å². The van der Waals surface area contributed by atoms with Gasteiger partial charge in [0.15, 0.2) is 0 Å². The van der Waals surface area contributed by atoms with Gasteiger partial charge in [0, 0.05) is 30.7 Å². The Balaban J connectivity index is 1.99. The lowest BCUT2D eigenvalue weighted by Gasteiger charge is -2.20. The lowest BCUT2D eigenvalue weighted by Crippen LogP contribution is -2.26. The van der Waals surface area contributed by atoms with E-state index in [1.165, 1.54) is 53.5 Å². The number of methoxy groups -OCH3 is 3. The zero-order valence-corrected chi connectivity index (χ0v) is 19.9. The van der Waals surface area contributed by atoms with Gasteiger partial charge in [-0.2, -0.15) is 0 Å². The molecule has 1 amide bonds. The van der Waals surface area contributed by atoms with Crippen LogP contribution in [0.4, 0.5) is 5.69 Å². The summed E-state index contributed by atoms with van der Waals surface area (Å²) in [5.74, 6) is -2.27. The van der Waals surface area contributed by atoms with Gasteiger partial charge in [0.05, 0.1) is 26.9 Å². The van der Waals surface area contributed by atoms with Crippen LogP contribution in [0.1, 0.15) is 29.8 Å². The molecule has 0 bridgehead atoms. The lowest BCUT2D eigenvalue weighted by molar-refractivity contribution is -0.131. The van der Waals surface area contributed by atoms with Crippen LogP contribution in [-0.2, 0) is 30.3 Å². The van der Waals surface area contributed by atoms with Gasteiger partial charge in [-0.1, -0.05) is 6.07 Å². The third kappa shape index (κ3) is 5.21. The zero-order chi connectivity index (χ0) is 25.7. The summed E-state index contributed by atoms with van der Waals surface area (Å²) in [5, 5.41) is 2.68. The van der Waals surface area contributed by atoms with Crippen molar-refractivity contribution >= 4 is 29.1 Å². The summed E-state index contributed by atoms with van der Waals surface area (Å²) >= 11 is 0. The number of hydrogen-bond acceptors (Lipinski definition) is 9. The summed E-state index contributed by atoms with van der Waals surface area (Å²) in [6.45, 7) is 2.74. The van der Waals surface area contributed by atoms with Gasteiger partial charge in [-0.3, -0.25) is 19.2 Å². The molecule has 0 unspecified atom stereocenters. The largest absolute Gasteiger partial charge is 0.489 e. The maximum absolute atomic E-state index is 13.1. The summed E-state index contributed by atoms with van der Waals surface area (Å²) in [4.78, 5) is 54.4. The maximum atomic E-state index is 13.1. The molecule has 3 rings (SSSR count). The number of amides is 1. The molecule has 1 aliphatic rings. The van der Waals surface area contributed by atoms with Crippen molar-refractivity contribution in [2.24, 2.45) is 0 Å². The third-order valence-corrected chi connectivity index (χ3v) is 5.23. The number of anilines is 1. The van der Waals surface area contributed by atoms with E-state index < -0.39 is 23.4 Å². The molecule has 182 valence electrons. The Morgan fingerprint density at radius 1 is 0.971 bits per heavy atom. The first-order valence-electron chi connectivity index (χ1n) is 10.4. The predicted molar refractivity (Wildman–Crippen MR) is 124 cm³/mol. The molecule has 1 aromatic carbocycles. The van der Waals surface area contributed by atoms with Crippen LogP contribution in [0.5, 0.6) is 11.6 Å². The van der Waals surface area contributed by atoms with E-state index in [2.05, 4.69) is 10.3 Å². The predicted octanol–water partition coefficient (Wildman–Crippen LogP) is 2.78. The second-order valence-electron chi connectivity index (χ2n) is 7.44. The molecule has 10 nitrogen and oxygen atoms in total. The van der Waals surface area contributed by atoms with Gasteiger partial charge in [-0.25, -0.2) is 4.98 Å². The molecule has 1 N–H and O–H groups in total. The first-order valence-corrected chi connectivity index (χ1v) is 10.4. The summed E-state index contributed by atoms with van der Waals surface area (Å²) in [7, 11) is 3.98. The number of esters is 1. The van der Waals surface area contributed by atoms with E-state index in [-0.39, 0.29) is 46.3 Å². The number of aromatic nitrogens is 1. The van der Waals surface area contributed by atoms with Crippen molar-refractivity contribution in [1.82, 2.24) is 4.98 Å². The first-order chi connectivity index (χ1) is 16.7. The van der Waals surface area contributed by atoms with Crippen LogP contribution in [0, 0.1) is 0 Å². The van der Waals surface area contributed by atoms with E-state index in [4.69, 9.17) is 18.9 Å². The highest BCUT2D eigenvalue weighted by Crippen LogP contribution is 2.30. The Labute approximate surface area is 201 Å². The summed E-state index contributed by atoms with van der Waals surface area (Å²) in [6.07, 6.45) is 1.53. The van der Waals surface area contributed by atoms with Gasteiger partial charge in [-0.05, 0) is 36.8 Å². The highest BCUT2D eigenvalue weighted by molar-refractivity contribution is 6.23. The van der Waals surface area contributed by atoms with E-state index in [0.29, 0.717) is 11.3 Å². The molecule has 0 saturated carbocycles. The van der Waals surface area contributed by atoms with Crippen molar-refractivity contribution < 1.29 is 38.1 Å². The summed E-state index contributed by atoms with van der Waals surface area (Å²) in [6, 6.07) is 7.75. The van der Waals surface area contributed by atoms with E-state index in [1.807, 2.05) is 0 Å². The lowest BCUT2D eigenvalue weighted by atomic mass is 9.88. The normalized spacial score (nSPS) is 13.5. The minimum Gasteiger partial charge on any atom is -0.489 e. The van der Waals surface area contributed by atoms with Crippen molar-refractivity contribution in [2.75, 3.05) is 26.6 Å². The molecule has 2 aromatic rings. The molecular formula is C25H24N2O8. The van der Waals surface area contributed by atoms with E-state index in [0.717, 1.165) is 0 Å². The second kappa shape index (κ2) is 10.6. The zero-order valence-electron chi connectivity index (χ0n) is 19.9. The molecule has 0 spiro atoms. The second-order valence-corrected chi connectivity index (χ2v) is 7.44. The molecule has 0 fully saturated rings. The number of rotatable bonds is 8.